The number of nitrogens with zero attached hydrogens (tertiary/aromatic N) is 3. The van der Waals surface area contributed by atoms with Gasteiger partial charge in [0, 0.05) is 11.4 Å². The zero-order valence-electron chi connectivity index (χ0n) is 19.2. The first-order chi connectivity index (χ1) is 16.0. The smallest absolute Gasteiger partial charge is 0.224 e. The lowest BCUT2D eigenvalue weighted by Gasteiger charge is -2.17. The van der Waals surface area contributed by atoms with Gasteiger partial charge in [-0.3, -0.25) is 9.36 Å². The summed E-state index contributed by atoms with van der Waals surface area (Å²) in [5, 5.41) is 12.9. The fraction of sp³-hybridized carbons (Fsp3) is 0.222. The van der Waals surface area contributed by atoms with Gasteiger partial charge < -0.3 is 5.32 Å². The third-order valence-corrected chi connectivity index (χ3v) is 6.52. The molecule has 33 heavy (non-hydrogen) atoms. The molecule has 5 nitrogen and oxygen atoms in total. The number of rotatable bonds is 8. The summed E-state index contributed by atoms with van der Waals surface area (Å²) in [7, 11) is 0. The molecule has 0 fully saturated rings. The van der Waals surface area contributed by atoms with Crippen LogP contribution in [0.1, 0.15) is 41.0 Å². The minimum Gasteiger partial charge on any atom is -0.346 e. The molecule has 0 bridgehead atoms. The predicted molar refractivity (Wildman–Crippen MR) is 134 cm³/mol. The van der Waals surface area contributed by atoms with Crippen LogP contribution in [-0.2, 0) is 17.0 Å². The van der Waals surface area contributed by atoms with Crippen LogP contribution in [0.5, 0.6) is 0 Å². The molecule has 0 aliphatic rings. The molecule has 3 aromatic carbocycles. The molecule has 0 saturated carbocycles. The van der Waals surface area contributed by atoms with Crippen LogP contribution in [-0.4, -0.2) is 20.7 Å². The third kappa shape index (κ3) is 5.71. The molecule has 4 rings (SSSR count). The fourth-order valence-corrected chi connectivity index (χ4v) is 4.68. The monoisotopic (exact) mass is 456 g/mol. The zero-order valence-corrected chi connectivity index (χ0v) is 20.0. The topological polar surface area (TPSA) is 59.8 Å². The van der Waals surface area contributed by atoms with E-state index in [0.717, 1.165) is 22.2 Å². The van der Waals surface area contributed by atoms with Crippen molar-refractivity contribution >= 4 is 17.7 Å². The highest BCUT2D eigenvalue weighted by Crippen LogP contribution is 2.28. The minimum atomic E-state index is -0.289. The molecule has 168 valence electrons. The molecule has 1 aromatic heterocycles. The second-order valence-corrected chi connectivity index (χ2v) is 9.12. The second-order valence-electron chi connectivity index (χ2n) is 8.18. The fourth-order valence-electron chi connectivity index (χ4n) is 3.64. The lowest BCUT2D eigenvalue weighted by Crippen LogP contribution is -2.29. The lowest BCUT2D eigenvalue weighted by molar-refractivity contribution is -0.121. The van der Waals surface area contributed by atoms with Crippen LogP contribution in [0.2, 0.25) is 0 Å². The van der Waals surface area contributed by atoms with Crippen molar-refractivity contribution in [3.63, 3.8) is 0 Å². The van der Waals surface area contributed by atoms with Gasteiger partial charge in [0.25, 0.3) is 0 Å². The van der Waals surface area contributed by atoms with E-state index in [0.29, 0.717) is 12.2 Å². The maximum Gasteiger partial charge on any atom is 0.224 e. The molecule has 6 heteroatoms. The van der Waals surface area contributed by atoms with Gasteiger partial charge in [0.1, 0.15) is 0 Å². The van der Waals surface area contributed by atoms with E-state index in [1.807, 2.05) is 37.3 Å². The second kappa shape index (κ2) is 10.5. The molecule has 0 aliphatic heterocycles. The maximum atomic E-state index is 12.7. The van der Waals surface area contributed by atoms with Gasteiger partial charge in [-0.15, -0.1) is 10.2 Å². The van der Waals surface area contributed by atoms with Crippen molar-refractivity contribution in [1.82, 2.24) is 20.1 Å². The molecule has 1 heterocycles. The first kappa shape index (κ1) is 22.8. The van der Waals surface area contributed by atoms with Gasteiger partial charge in [0.05, 0.1) is 12.5 Å². The number of hydrogen-bond donors (Lipinski definition) is 1. The molecule has 1 atom stereocenters. The van der Waals surface area contributed by atoms with E-state index in [9.17, 15) is 4.79 Å². The molecule has 1 N–H and O–H groups in total. The standard InChI is InChI=1S/C27H28N4OS/c1-19-13-15-24(16-14-19)31-26(21(3)28-25(32)17-22-10-5-4-6-11-22)29-30-27(31)33-18-23-12-8-7-9-20(23)2/h4-16,21H,17-18H2,1-3H3,(H,28,32). The molecular weight excluding hydrogens is 428 g/mol. The van der Waals surface area contributed by atoms with Crippen LogP contribution in [0.25, 0.3) is 5.69 Å². The molecule has 0 spiro atoms. The Labute approximate surface area is 199 Å². The highest BCUT2D eigenvalue weighted by atomic mass is 32.2. The van der Waals surface area contributed by atoms with E-state index in [1.165, 1.54) is 16.7 Å². The predicted octanol–water partition coefficient (Wildman–Crippen LogP) is 5.60. The summed E-state index contributed by atoms with van der Waals surface area (Å²) in [5.74, 6) is 1.47. The highest BCUT2D eigenvalue weighted by Gasteiger charge is 2.21. The average molecular weight is 457 g/mol. The SMILES string of the molecule is Cc1ccc(-n2c(SCc3ccccc3C)nnc2C(C)NC(=O)Cc2ccccc2)cc1. The van der Waals surface area contributed by atoms with Crippen molar-refractivity contribution in [1.29, 1.82) is 0 Å². The molecule has 0 aliphatic carbocycles. The van der Waals surface area contributed by atoms with E-state index in [1.54, 1.807) is 11.8 Å². The number of carbonyl (C=O) groups excluding carboxylic acids is 1. The summed E-state index contributed by atoms with van der Waals surface area (Å²) in [5.41, 5.74) is 5.68. The Balaban J connectivity index is 1.58. The van der Waals surface area contributed by atoms with Gasteiger partial charge in [-0.1, -0.05) is 84.1 Å². The summed E-state index contributed by atoms with van der Waals surface area (Å²) in [6, 6.07) is 26.1. The average Bonchev–Trinajstić information content (AvgIpc) is 3.24. The van der Waals surface area contributed by atoms with Gasteiger partial charge in [-0.25, -0.2) is 0 Å². The van der Waals surface area contributed by atoms with Crippen molar-refractivity contribution in [3.05, 3.63) is 107 Å². The Morgan fingerprint density at radius 3 is 2.36 bits per heavy atom. The van der Waals surface area contributed by atoms with Crippen molar-refractivity contribution < 1.29 is 4.79 Å². The quantitative estimate of drug-likeness (QED) is 0.351. The van der Waals surface area contributed by atoms with Crippen LogP contribution in [0.3, 0.4) is 0 Å². The normalized spacial score (nSPS) is 11.8. The Morgan fingerprint density at radius 1 is 0.939 bits per heavy atom. The zero-order chi connectivity index (χ0) is 23.2. The molecule has 1 unspecified atom stereocenters. The van der Waals surface area contributed by atoms with Crippen molar-refractivity contribution in [2.45, 2.75) is 44.1 Å². The van der Waals surface area contributed by atoms with Crippen molar-refractivity contribution in [2.75, 3.05) is 0 Å². The summed E-state index contributed by atoms with van der Waals surface area (Å²) < 4.78 is 2.05. The van der Waals surface area contributed by atoms with E-state index in [4.69, 9.17) is 0 Å². The number of hydrogen-bond acceptors (Lipinski definition) is 4. The van der Waals surface area contributed by atoms with Crippen molar-refractivity contribution in [3.8, 4) is 5.69 Å². The van der Waals surface area contributed by atoms with Crippen LogP contribution in [0, 0.1) is 13.8 Å². The number of thioether (sulfide) groups is 1. The Bertz CT molecular complexity index is 1220. The summed E-state index contributed by atoms with van der Waals surface area (Å²) in [6.07, 6.45) is 0.332. The number of benzene rings is 3. The van der Waals surface area contributed by atoms with Gasteiger partial charge in [0.2, 0.25) is 5.91 Å². The van der Waals surface area contributed by atoms with E-state index >= 15 is 0 Å². The molecular formula is C27H28N4OS. The molecule has 4 aromatic rings. The van der Waals surface area contributed by atoms with Crippen LogP contribution in [0.4, 0.5) is 0 Å². The summed E-state index contributed by atoms with van der Waals surface area (Å²) >= 11 is 1.65. The Kier molecular flexibility index (Phi) is 7.25. The largest absolute Gasteiger partial charge is 0.346 e. The third-order valence-electron chi connectivity index (χ3n) is 5.54. The molecule has 0 saturated heterocycles. The number of aryl methyl sites for hydroxylation is 2. The first-order valence-electron chi connectivity index (χ1n) is 11.0. The number of amides is 1. The highest BCUT2D eigenvalue weighted by molar-refractivity contribution is 7.98. The Hall–Kier alpha value is -3.38. The van der Waals surface area contributed by atoms with Crippen LogP contribution in [0.15, 0.2) is 84.0 Å². The van der Waals surface area contributed by atoms with Crippen LogP contribution < -0.4 is 5.32 Å². The maximum absolute atomic E-state index is 12.7. The lowest BCUT2D eigenvalue weighted by atomic mass is 10.1. The van der Waals surface area contributed by atoms with Crippen molar-refractivity contribution in [2.24, 2.45) is 0 Å². The molecule has 1 amide bonds. The Morgan fingerprint density at radius 2 is 1.64 bits per heavy atom. The summed E-state index contributed by atoms with van der Waals surface area (Å²) in [4.78, 5) is 12.7. The first-order valence-corrected chi connectivity index (χ1v) is 12.0. The summed E-state index contributed by atoms with van der Waals surface area (Å²) in [6.45, 7) is 6.14. The van der Waals surface area contributed by atoms with E-state index in [-0.39, 0.29) is 11.9 Å². The number of carbonyl (C=O) groups is 1. The number of nitrogens with one attached hydrogen (secondary N) is 1. The van der Waals surface area contributed by atoms with Crippen LogP contribution >= 0.6 is 11.8 Å². The van der Waals surface area contributed by atoms with Gasteiger partial charge in [0.15, 0.2) is 11.0 Å². The van der Waals surface area contributed by atoms with E-state index < -0.39 is 0 Å². The minimum absolute atomic E-state index is 0.0405. The molecule has 0 radical (unpaired) electrons. The number of aromatic nitrogens is 3. The van der Waals surface area contributed by atoms with E-state index in [2.05, 4.69) is 82.5 Å². The van der Waals surface area contributed by atoms with Gasteiger partial charge in [-0.2, -0.15) is 0 Å². The van der Waals surface area contributed by atoms with Gasteiger partial charge in [-0.05, 0) is 49.6 Å². The van der Waals surface area contributed by atoms with Gasteiger partial charge >= 0.3 is 0 Å².